The molecule has 1 saturated heterocycles. The average molecular weight is 495 g/mol. The van der Waals surface area contributed by atoms with Crippen LogP contribution in [-0.4, -0.2) is 75.4 Å². The highest BCUT2D eigenvalue weighted by Gasteiger charge is 2.27. The van der Waals surface area contributed by atoms with Gasteiger partial charge in [0.2, 0.25) is 15.9 Å². The van der Waals surface area contributed by atoms with Gasteiger partial charge in [0, 0.05) is 38.4 Å². The molecule has 1 atom stereocenters. The van der Waals surface area contributed by atoms with E-state index >= 15 is 0 Å². The van der Waals surface area contributed by atoms with Crippen molar-refractivity contribution in [2.24, 2.45) is 0 Å². The Morgan fingerprint density at radius 2 is 1.85 bits per heavy atom. The van der Waals surface area contributed by atoms with Gasteiger partial charge < -0.3 is 10.2 Å². The lowest BCUT2D eigenvalue weighted by atomic mass is 10.1. The quantitative estimate of drug-likeness (QED) is 0.529. The van der Waals surface area contributed by atoms with Gasteiger partial charge in [-0.25, -0.2) is 12.8 Å². The molecule has 0 radical (unpaired) electrons. The van der Waals surface area contributed by atoms with Gasteiger partial charge in [0.05, 0.1) is 0 Å². The van der Waals surface area contributed by atoms with Crippen molar-refractivity contribution < 1.29 is 17.6 Å². The molecule has 1 fully saturated rings. The zero-order valence-electron chi connectivity index (χ0n) is 19.0. The van der Waals surface area contributed by atoms with Crippen LogP contribution in [0, 0.1) is 5.82 Å². The van der Waals surface area contributed by atoms with Crippen molar-refractivity contribution in [2.45, 2.75) is 23.9 Å². The number of halogens is 1. The fourth-order valence-electron chi connectivity index (χ4n) is 3.63. The maximum absolute atomic E-state index is 14.1. The molecule has 2 N–H and O–H groups in total. The van der Waals surface area contributed by atoms with Crippen molar-refractivity contribution in [2.75, 3.05) is 50.6 Å². The Hall–Kier alpha value is -1.98. The average Bonchev–Trinajstić information content (AvgIpc) is 2.78. The molecule has 1 aliphatic heterocycles. The smallest absolute Gasteiger partial charge is 0.244 e. The zero-order valence-corrected chi connectivity index (χ0v) is 20.6. The molecule has 33 heavy (non-hydrogen) atoms. The molecule has 2 aromatic rings. The first-order valence-electron chi connectivity index (χ1n) is 10.8. The minimum absolute atomic E-state index is 0.279. The minimum atomic E-state index is -4.20. The van der Waals surface area contributed by atoms with E-state index in [2.05, 4.69) is 26.9 Å². The second-order valence-corrected chi connectivity index (χ2v) is 10.8. The van der Waals surface area contributed by atoms with E-state index in [4.69, 9.17) is 0 Å². The highest BCUT2D eigenvalue weighted by Crippen LogP contribution is 2.17. The van der Waals surface area contributed by atoms with E-state index in [0.717, 1.165) is 44.4 Å². The van der Waals surface area contributed by atoms with Crippen molar-refractivity contribution >= 4 is 33.4 Å². The van der Waals surface area contributed by atoms with Crippen LogP contribution in [0.15, 0.2) is 53.4 Å². The number of piperazine rings is 1. The van der Waals surface area contributed by atoms with Crippen molar-refractivity contribution in [3.63, 3.8) is 0 Å². The number of carbonyl (C=O) groups excluding carboxylic acids is 1. The summed E-state index contributed by atoms with van der Waals surface area (Å²) in [5.74, 6) is -0.757. The predicted molar refractivity (Wildman–Crippen MR) is 131 cm³/mol. The van der Waals surface area contributed by atoms with Crippen LogP contribution in [0.4, 0.5) is 10.1 Å². The number of sulfonamides is 1. The van der Waals surface area contributed by atoms with Gasteiger partial charge in [-0.1, -0.05) is 24.3 Å². The summed E-state index contributed by atoms with van der Waals surface area (Å²) in [5.41, 5.74) is 1.68. The molecule has 3 rings (SSSR count). The van der Waals surface area contributed by atoms with Crippen LogP contribution >= 0.6 is 11.8 Å². The summed E-state index contributed by atoms with van der Waals surface area (Å²) in [6.45, 7) is 4.81. The number of nitrogens with zero attached hydrogens (tertiary/aromatic N) is 2. The summed E-state index contributed by atoms with van der Waals surface area (Å²) in [7, 11) is -2.08. The zero-order chi connectivity index (χ0) is 23.8. The van der Waals surface area contributed by atoms with E-state index in [0.29, 0.717) is 11.4 Å². The number of nitrogens with one attached hydrogen (secondary N) is 2. The first kappa shape index (κ1) is 25.6. The van der Waals surface area contributed by atoms with E-state index in [-0.39, 0.29) is 6.42 Å². The maximum Gasteiger partial charge on any atom is 0.244 e. The summed E-state index contributed by atoms with van der Waals surface area (Å²) < 4.78 is 41.9. The van der Waals surface area contributed by atoms with Crippen molar-refractivity contribution in [3.8, 4) is 0 Å². The summed E-state index contributed by atoms with van der Waals surface area (Å²) in [6.07, 6.45) is 2.16. The molecule has 1 heterocycles. The van der Waals surface area contributed by atoms with Gasteiger partial charge in [0.15, 0.2) is 0 Å². The summed E-state index contributed by atoms with van der Waals surface area (Å²) >= 11 is 1.50. The van der Waals surface area contributed by atoms with Crippen molar-refractivity contribution in [1.82, 2.24) is 14.5 Å². The third kappa shape index (κ3) is 7.51. The standard InChI is InChI=1S/C23H31FN4O3S2/c1-27-11-13-28(14-12-27)17-18-6-5-7-19(16-18)25-23(29)21(10-15-32-2)26-33(30,31)22-9-4-3-8-20(22)24/h3-9,16,21,26H,10-15,17H2,1-2H3,(H,25,29). The van der Waals surface area contributed by atoms with Crippen LogP contribution in [0.5, 0.6) is 0 Å². The normalized spacial score (nSPS) is 16.5. The number of hydrogen-bond acceptors (Lipinski definition) is 6. The van der Waals surface area contributed by atoms with Gasteiger partial charge in [-0.05, 0) is 55.3 Å². The summed E-state index contributed by atoms with van der Waals surface area (Å²) in [4.78, 5) is 17.2. The number of benzene rings is 2. The molecule has 1 unspecified atom stereocenters. The number of hydrogen-bond donors (Lipinski definition) is 2. The van der Waals surface area contributed by atoms with Crippen LogP contribution in [0.25, 0.3) is 0 Å². The van der Waals surface area contributed by atoms with Gasteiger partial charge in [-0.3, -0.25) is 9.69 Å². The number of anilines is 1. The van der Waals surface area contributed by atoms with Crippen molar-refractivity contribution in [1.29, 1.82) is 0 Å². The Bertz CT molecular complexity index is 1040. The summed E-state index contributed by atoms with van der Waals surface area (Å²) in [6, 6.07) is 11.7. The van der Waals surface area contributed by atoms with E-state index in [1.807, 2.05) is 24.5 Å². The van der Waals surface area contributed by atoms with E-state index in [9.17, 15) is 17.6 Å². The molecule has 10 heteroatoms. The Morgan fingerprint density at radius 1 is 1.12 bits per heavy atom. The van der Waals surface area contributed by atoms with E-state index in [1.165, 1.54) is 30.0 Å². The molecule has 7 nitrogen and oxygen atoms in total. The number of rotatable bonds is 10. The second-order valence-electron chi connectivity index (χ2n) is 8.15. The monoisotopic (exact) mass is 494 g/mol. The highest BCUT2D eigenvalue weighted by atomic mass is 32.2. The Kier molecular flexibility index (Phi) is 9.27. The first-order valence-corrected chi connectivity index (χ1v) is 13.7. The fourth-order valence-corrected chi connectivity index (χ4v) is 5.41. The van der Waals surface area contributed by atoms with Crippen LogP contribution in [0.3, 0.4) is 0 Å². The Morgan fingerprint density at radius 3 is 2.55 bits per heavy atom. The summed E-state index contributed by atoms with van der Waals surface area (Å²) in [5, 5.41) is 2.83. The molecule has 0 aliphatic carbocycles. The fraction of sp³-hybridized carbons (Fsp3) is 0.435. The molecule has 1 aliphatic rings. The number of likely N-dealkylation sites (N-methyl/N-ethyl adjacent to an activating group) is 1. The number of amides is 1. The van der Waals surface area contributed by atoms with E-state index in [1.54, 1.807) is 6.07 Å². The van der Waals surface area contributed by atoms with E-state index < -0.39 is 32.7 Å². The van der Waals surface area contributed by atoms with Gasteiger partial charge >= 0.3 is 0 Å². The third-order valence-corrected chi connectivity index (χ3v) is 7.70. The van der Waals surface area contributed by atoms with Gasteiger partial charge in [0.1, 0.15) is 16.8 Å². The number of thioether (sulfide) groups is 1. The lowest BCUT2D eigenvalue weighted by Gasteiger charge is -2.32. The van der Waals surface area contributed by atoms with Crippen LogP contribution < -0.4 is 10.0 Å². The molecular formula is C23H31FN4O3S2. The van der Waals surface area contributed by atoms with Gasteiger partial charge in [-0.2, -0.15) is 16.5 Å². The maximum atomic E-state index is 14.1. The lowest BCUT2D eigenvalue weighted by Crippen LogP contribution is -2.44. The largest absolute Gasteiger partial charge is 0.325 e. The molecule has 0 spiro atoms. The SMILES string of the molecule is CSCCC(NS(=O)(=O)c1ccccc1F)C(=O)Nc1cccc(CN2CCN(C)CC2)c1. The van der Waals surface area contributed by atoms with Crippen LogP contribution in [0.2, 0.25) is 0 Å². The molecule has 0 aromatic heterocycles. The molecule has 180 valence electrons. The molecular weight excluding hydrogens is 463 g/mol. The molecule has 0 saturated carbocycles. The van der Waals surface area contributed by atoms with Gasteiger partial charge in [0.25, 0.3) is 0 Å². The Balaban J connectivity index is 1.69. The predicted octanol–water partition coefficient (Wildman–Crippen LogP) is 2.61. The minimum Gasteiger partial charge on any atom is -0.325 e. The van der Waals surface area contributed by atoms with Crippen LogP contribution in [0.1, 0.15) is 12.0 Å². The van der Waals surface area contributed by atoms with Crippen LogP contribution in [-0.2, 0) is 21.4 Å². The third-order valence-electron chi connectivity index (χ3n) is 5.55. The Labute approximate surface area is 199 Å². The highest BCUT2D eigenvalue weighted by molar-refractivity contribution is 7.98. The first-order chi connectivity index (χ1) is 15.8. The molecule has 0 bridgehead atoms. The number of carbonyl (C=O) groups is 1. The van der Waals surface area contributed by atoms with Gasteiger partial charge in [-0.15, -0.1) is 0 Å². The molecule has 1 amide bonds. The molecule has 2 aromatic carbocycles. The topological polar surface area (TPSA) is 81.7 Å². The lowest BCUT2D eigenvalue weighted by molar-refractivity contribution is -0.117. The van der Waals surface area contributed by atoms with Crippen molar-refractivity contribution in [3.05, 3.63) is 59.9 Å². The second kappa shape index (κ2) is 11.9.